The number of aliphatic hydroxyl groups excluding tert-OH is 3. The maximum atomic E-state index is 9.76. The molecular weight excluding hydrogens is 220 g/mol. The molecule has 0 radical (unpaired) electrons. The Labute approximate surface area is 95.5 Å². The standard InChI is InChI=1S/C6H14O3.C3H6O2S/c1-5(8)4-9-6(2)3-7;1-2(4)3(5)6/h5-8H,3-4H2,1-2H3;2,4H,1H3,(H,5,6). The number of rotatable bonds is 5. The molecule has 0 bridgehead atoms. The predicted molar refractivity (Wildman–Crippen MR) is 59.9 cm³/mol. The van der Waals surface area contributed by atoms with Gasteiger partial charge in [-0.15, -0.1) is 12.6 Å². The van der Waals surface area contributed by atoms with Gasteiger partial charge in [0.25, 0.3) is 0 Å². The van der Waals surface area contributed by atoms with Crippen LogP contribution in [0.5, 0.6) is 0 Å². The normalized spacial score (nSPS) is 15.9. The van der Waals surface area contributed by atoms with E-state index >= 15 is 0 Å². The van der Waals surface area contributed by atoms with E-state index in [2.05, 4.69) is 12.6 Å². The fraction of sp³-hybridized carbons (Fsp3) is 0.889. The van der Waals surface area contributed by atoms with Crippen LogP contribution in [0.4, 0.5) is 0 Å². The van der Waals surface area contributed by atoms with E-state index in [0.717, 1.165) is 0 Å². The van der Waals surface area contributed by atoms with Crippen LogP contribution < -0.4 is 0 Å². The number of aliphatic hydroxyl groups is 3. The van der Waals surface area contributed by atoms with Crippen LogP contribution in [0.15, 0.2) is 0 Å². The summed E-state index contributed by atoms with van der Waals surface area (Å²) in [6.07, 6.45) is -1.54. The fourth-order valence-corrected chi connectivity index (χ4v) is 0.356. The lowest BCUT2D eigenvalue weighted by atomic mass is 10.4. The van der Waals surface area contributed by atoms with Crippen LogP contribution >= 0.6 is 12.6 Å². The quantitative estimate of drug-likeness (QED) is 0.491. The molecule has 3 N–H and O–H groups in total. The second-order valence-electron chi connectivity index (χ2n) is 3.19. The minimum atomic E-state index is -0.923. The molecule has 0 spiro atoms. The lowest BCUT2D eigenvalue weighted by Crippen LogP contribution is -2.19. The summed E-state index contributed by atoms with van der Waals surface area (Å²) in [5, 5.41) is 24.8. The van der Waals surface area contributed by atoms with Gasteiger partial charge in [0.05, 0.1) is 25.4 Å². The molecule has 3 atom stereocenters. The van der Waals surface area contributed by atoms with Gasteiger partial charge in [0.1, 0.15) is 6.10 Å². The van der Waals surface area contributed by atoms with E-state index in [0.29, 0.717) is 6.61 Å². The highest BCUT2D eigenvalue weighted by atomic mass is 32.1. The molecule has 0 aromatic heterocycles. The Morgan fingerprint density at radius 2 is 1.73 bits per heavy atom. The number of hydrogen-bond acceptors (Lipinski definition) is 5. The van der Waals surface area contributed by atoms with Crippen LogP contribution in [-0.4, -0.2) is 52.0 Å². The molecule has 0 saturated carbocycles. The third kappa shape index (κ3) is 16.5. The zero-order valence-corrected chi connectivity index (χ0v) is 10.1. The van der Waals surface area contributed by atoms with Crippen LogP contribution in [0.1, 0.15) is 20.8 Å². The molecule has 0 aromatic carbocycles. The Morgan fingerprint density at radius 3 is 1.93 bits per heavy atom. The monoisotopic (exact) mass is 240 g/mol. The van der Waals surface area contributed by atoms with Crippen LogP contribution in [0.25, 0.3) is 0 Å². The maximum Gasteiger partial charge on any atom is 0.214 e. The average Bonchev–Trinajstić information content (AvgIpc) is 2.14. The van der Waals surface area contributed by atoms with Crippen LogP contribution in [0, 0.1) is 0 Å². The van der Waals surface area contributed by atoms with E-state index in [1.165, 1.54) is 6.92 Å². The largest absolute Gasteiger partial charge is 0.394 e. The first kappa shape index (κ1) is 17.3. The lowest BCUT2D eigenvalue weighted by Gasteiger charge is -2.10. The van der Waals surface area contributed by atoms with Gasteiger partial charge in [0, 0.05) is 0 Å². The van der Waals surface area contributed by atoms with E-state index in [1.807, 2.05) is 0 Å². The van der Waals surface area contributed by atoms with E-state index in [1.54, 1.807) is 13.8 Å². The summed E-state index contributed by atoms with van der Waals surface area (Å²) in [7, 11) is 0. The van der Waals surface area contributed by atoms with Crippen molar-refractivity contribution < 1.29 is 24.9 Å². The summed E-state index contributed by atoms with van der Waals surface area (Å²) < 4.78 is 4.95. The minimum absolute atomic E-state index is 0.00667. The van der Waals surface area contributed by atoms with Crippen LogP contribution in [0.3, 0.4) is 0 Å². The second-order valence-corrected chi connectivity index (χ2v) is 3.63. The van der Waals surface area contributed by atoms with Gasteiger partial charge < -0.3 is 20.1 Å². The molecule has 0 aliphatic rings. The van der Waals surface area contributed by atoms with E-state index in [9.17, 15) is 4.79 Å². The van der Waals surface area contributed by atoms with Crippen molar-refractivity contribution in [3.63, 3.8) is 0 Å². The molecule has 15 heavy (non-hydrogen) atoms. The van der Waals surface area contributed by atoms with Gasteiger partial charge in [0.15, 0.2) is 0 Å². The summed E-state index contributed by atoms with van der Waals surface area (Å²) >= 11 is 3.30. The molecule has 0 amide bonds. The first-order valence-electron chi connectivity index (χ1n) is 4.62. The lowest BCUT2D eigenvalue weighted by molar-refractivity contribution is -0.117. The number of carbonyl (C=O) groups excluding carboxylic acids is 1. The molecule has 3 unspecified atom stereocenters. The van der Waals surface area contributed by atoms with Crippen molar-refractivity contribution in [2.75, 3.05) is 13.2 Å². The van der Waals surface area contributed by atoms with Gasteiger partial charge in [0.2, 0.25) is 5.12 Å². The van der Waals surface area contributed by atoms with Gasteiger partial charge in [-0.2, -0.15) is 0 Å². The minimum Gasteiger partial charge on any atom is -0.394 e. The molecular formula is C9H20O5S. The smallest absolute Gasteiger partial charge is 0.214 e. The maximum absolute atomic E-state index is 9.76. The number of hydrogen-bond donors (Lipinski definition) is 4. The molecule has 92 valence electrons. The average molecular weight is 240 g/mol. The highest BCUT2D eigenvalue weighted by Crippen LogP contribution is 1.90. The molecule has 0 aromatic rings. The Hall–Kier alpha value is -0.140. The fourth-order valence-electron chi connectivity index (χ4n) is 0.356. The van der Waals surface area contributed by atoms with Crippen molar-refractivity contribution in [3.8, 4) is 0 Å². The third-order valence-electron chi connectivity index (χ3n) is 1.24. The van der Waals surface area contributed by atoms with Crippen molar-refractivity contribution >= 4 is 17.7 Å². The van der Waals surface area contributed by atoms with Crippen LogP contribution in [-0.2, 0) is 9.53 Å². The molecule has 0 heterocycles. The van der Waals surface area contributed by atoms with Crippen molar-refractivity contribution in [2.45, 2.75) is 39.1 Å². The zero-order chi connectivity index (χ0) is 12.4. The first-order valence-corrected chi connectivity index (χ1v) is 5.07. The molecule has 0 aliphatic carbocycles. The molecule has 0 aliphatic heterocycles. The second kappa shape index (κ2) is 10.4. The highest BCUT2D eigenvalue weighted by Gasteiger charge is 2.00. The highest BCUT2D eigenvalue weighted by molar-refractivity contribution is 7.96. The third-order valence-corrected chi connectivity index (χ3v) is 1.61. The van der Waals surface area contributed by atoms with E-state index in [-0.39, 0.29) is 12.7 Å². The zero-order valence-electron chi connectivity index (χ0n) is 9.25. The molecule has 0 rings (SSSR count). The van der Waals surface area contributed by atoms with Crippen molar-refractivity contribution in [1.82, 2.24) is 0 Å². The summed E-state index contributed by atoms with van der Waals surface area (Å²) in [4.78, 5) is 9.76. The summed E-state index contributed by atoms with van der Waals surface area (Å²) in [5.74, 6) is 0. The SMILES string of the molecule is CC(O)C(=O)S.CC(O)COC(C)CO. The van der Waals surface area contributed by atoms with Crippen LogP contribution in [0.2, 0.25) is 0 Å². The Bertz CT molecular complexity index is 161. The number of thiol groups is 1. The van der Waals surface area contributed by atoms with Crippen molar-refractivity contribution in [3.05, 3.63) is 0 Å². The topological polar surface area (TPSA) is 87.0 Å². The Kier molecular flexibility index (Phi) is 11.9. The summed E-state index contributed by atoms with van der Waals surface area (Å²) in [5.41, 5.74) is 0. The van der Waals surface area contributed by atoms with E-state index in [4.69, 9.17) is 20.1 Å². The van der Waals surface area contributed by atoms with Gasteiger partial charge in [-0.25, -0.2) is 0 Å². The van der Waals surface area contributed by atoms with Crippen molar-refractivity contribution in [1.29, 1.82) is 0 Å². The van der Waals surface area contributed by atoms with Gasteiger partial charge in [-0.05, 0) is 20.8 Å². The summed E-state index contributed by atoms with van der Waals surface area (Å²) in [6, 6.07) is 0. The van der Waals surface area contributed by atoms with Crippen molar-refractivity contribution in [2.24, 2.45) is 0 Å². The van der Waals surface area contributed by atoms with E-state index < -0.39 is 17.3 Å². The predicted octanol–water partition coefficient (Wildman–Crippen LogP) is -0.412. The van der Waals surface area contributed by atoms with Gasteiger partial charge >= 0.3 is 0 Å². The molecule has 0 fully saturated rings. The number of carbonyl (C=O) groups is 1. The van der Waals surface area contributed by atoms with Gasteiger partial charge in [-0.3, -0.25) is 4.79 Å². The van der Waals surface area contributed by atoms with Gasteiger partial charge in [-0.1, -0.05) is 0 Å². The molecule has 5 nitrogen and oxygen atoms in total. The number of ether oxygens (including phenoxy) is 1. The summed E-state index contributed by atoms with van der Waals surface area (Å²) in [6.45, 7) is 5.07. The Morgan fingerprint density at radius 1 is 1.33 bits per heavy atom. The Balaban J connectivity index is 0. The molecule has 0 saturated heterocycles. The first-order chi connectivity index (χ1) is 6.81. The molecule has 6 heteroatoms.